The molecule has 1 unspecified atom stereocenters. The zero-order valence-electron chi connectivity index (χ0n) is 14.5. The van der Waals surface area contributed by atoms with Crippen LogP contribution in [0.4, 0.5) is 8.78 Å². The first-order chi connectivity index (χ1) is 12.0. The number of hydrogen-bond donors (Lipinski definition) is 2. The molecule has 2 rings (SSSR count). The molecule has 2 N–H and O–H groups in total. The summed E-state index contributed by atoms with van der Waals surface area (Å²) in [5.74, 6) is 0.133. The Morgan fingerprint density at radius 1 is 1.20 bits per heavy atom. The van der Waals surface area contributed by atoms with Crippen LogP contribution < -0.4 is 15.4 Å². The monoisotopic (exact) mass is 350 g/mol. The van der Waals surface area contributed by atoms with E-state index in [1.165, 1.54) is 0 Å². The standard InChI is InChI=1S/C19H24F2N2O2/c1-3-13(2)23-18(24)10-11-22-12-16-15-7-5-4-6-14(15)8-9-17(16)25-19(20)21/h4-9,13,19,22H,3,10-12H2,1-2H3,(H,23,24). The first kappa shape index (κ1) is 19.1. The highest BCUT2D eigenvalue weighted by molar-refractivity contribution is 5.87. The number of rotatable bonds is 9. The van der Waals surface area contributed by atoms with Crippen molar-refractivity contribution in [1.29, 1.82) is 0 Å². The zero-order valence-corrected chi connectivity index (χ0v) is 14.5. The SMILES string of the molecule is CCC(C)NC(=O)CCNCc1c(OC(F)F)ccc2ccccc12. The summed E-state index contributed by atoms with van der Waals surface area (Å²) >= 11 is 0. The molecule has 1 amide bonds. The molecule has 2 aromatic carbocycles. The predicted octanol–water partition coefficient (Wildman–Crippen LogP) is 3.84. The third kappa shape index (κ3) is 5.67. The van der Waals surface area contributed by atoms with Gasteiger partial charge in [0.05, 0.1) is 0 Å². The Hall–Kier alpha value is -2.21. The average molecular weight is 350 g/mol. The van der Waals surface area contributed by atoms with Gasteiger partial charge in [-0.2, -0.15) is 8.78 Å². The average Bonchev–Trinajstić information content (AvgIpc) is 2.59. The number of benzene rings is 2. The number of fused-ring (bicyclic) bond motifs is 1. The van der Waals surface area contributed by atoms with Crippen LogP contribution in [0.2, 0.25) is 0 Å². The van der Waals surface area contributed by atoms with Crippen LogP contribution in [0.25, 0.3) is 10.8 Å². The molecule has 0 spiro atoms. The van der Waals surface area contributed by atoms with Crippen molar-refractivity contribution >= 4 is 16.7 Å². The summed E-state index contributed by atoms with van der Waals surface area (Å²) in [6.07, 6.45) is 1.21. The largest absolute Gasteiger partial charge is 0.434 e. The van der Waals surface area contributed by atoms with Gasteiger partial charge in [0.25, 0.3) is 0 Å². The lowest BCUT2D eigenvalue weighted by Crippen LogP contribution is -2.33. The molecule has 25 heavy (non-hydrogen) atoms. The van der Waals surface area contributed by atoms with Crippen LogP contribution in [0.1, 0.15) is 32.3 Å². The van der Waals surface area contributed by atoms with Crippen molar-refractivity contribution in [2.45, 2.75) is 45.9 Å². The van der Waals surface area contributed by atoms with Crippen molar-refractivity contribution in [2.75, 3.05) is 6.54 Å². The minimum Gasteiger partial charge on any atom is -0.434 e. The number of halogens is 2. The smallest absolute Gasteiger partial charge is 0.387 e. The fourth-order valence-corrected chi connectivity index (χ4v) is 2.57. The van der Waals surface area contributed by atoms with E-state index in [0.29, 0.717) is 25.1 Å². The first-order valence-corrected chi connectivity index (χ1v) is 8.46. The van der Waals surface area contributed by atoms with Crippen LogP contribution in [0.15, 0.2) is 36.4 Å². The van der Waals surface area contributed by atoms with Gasteiger partial charge in [-0.1, -0.05) is 37.3 Å². The molecule has 0 radical (unpaired) electrons. The normalized spacial score (nSPS) is 12.4. The maximum absolute atomic E-state index is 12.7. The molecule has 136 valence electrons. The Morgan fingerprint density at radius 3 is 2.68 bits per heavy atom. The lowest BCUT2D eigenvalue weighted by molar-refractivity contribution is -0.121. The maximum atomic E-state index is 12.7. The van der Waals surface area contributed by atoms with Gasteiger partial charge in [0, 0.05) is 31.1 Å². The minimum atomic E-state index is -2.87. The second kappa shape index (κ2) is 9.32. The highest BCUT2D eigenvalue weighted by Crippen LogP contribution is 2.29. The van der Waals surface area contributed by atoms with E-state index in [0.717, 1.165) is 17.2 Å². The highest BCUT2D eigenvalue weighted by atomic mass is 19.3. The van der Waals surface area contributed by atoms with E-state index in [9.17, 15) is 13.6 Å². The Bertz CT molecular complexity index is 707. The van der Waals surface area contributed by atoms with Gasteiger partial charge in [0.15, 0.2) is 0 Å². The maximum Gasteiger partial charge on any atom is 0.387 e. The van der Waals surface area contributed by atoms with Crippen molar-refractivity contribution < 1.29 is 18.3 Å². The number of ether oxygens (including phenoxy) is 1. The van der Waals surface area contributed by atoms with Gasteiger partial charge < -0.3 is 15.4 Å². The molecule has 4 nitrogen and oxygen atoms in total. The molecule has 2 aromatic rings. The minimum absolute atomic E-state index is 0.0242. The molecular weight excluding hydrogens is 326 g/mol. The zero-order chi connectivity index (χ0) is 18.2. The summed E-state index contributed by atoms with van der Waals surface area (Å²) in [5, 5.41) is 7.85. The number of alkyl halides is 2. The van der Waals surface area contributed by atoms with E-state index >= 15 is 0 Å². The number of amides is 1. The van der Waals surface area contributed by atoms with Gasteiger partial charge in [0.2, 0.25) is 5.91 Å². The summed E-state index contributed by atoms with van der Waals surface area (Å²) in [6, 6.07) is 11.0. The third-order valence-corrected chi connectivity index (χ3v) is 4.06. The van der Waals surface area contributed by atoms with Crippen LogP contribution in [-0.2, 0) is 11.3 Å². The van der Waals surface area contributed by atoms with Gasteiger partial charge in [-0.05, 0) is 30.2 Å². The van der Waals surface area contributed by atoms with E-state index in [4.69, 9.17) is 0 Å². The molecule has 0 saturated heterocycles. The topological polar surface area (TPSA) is 50.4 Å². The summed E-state index contributed by atoms with van der Waals surface area (Å²) in [5.41, 5.74) is 0.667. The van der Waals surface area contributed by atoms with Crippen LogP contribution in [0.3, 0.4) is 0 Å². The Labute approximate surface area is 146 Å². The molecule has 1 atom stereocenters. The van der Waals surface area contributed by atoms with E-state index in [-0.39, 0.29) is 17.7 Å². The second-order valence-corrected chi connectivity index (χ2v) is 5.95. The Kier molecular flexibility index (Phi) is 7.13. The number of carbonyl (C=O) groups is 1. The van der Waals surface area contributed by atoms with Crippen molar-refractivity contribution in [3.05, 3.63) is 42.0 Å². The first-order valence-electron chi connectivity index (χ1n) is 8.46. The molecule has 6 heteroatoms. The lowest BCUT2D eigenvalue weighted by Gasteiger charge is -2.15. The third-order valence-electron chi connectivity index (χ3n) is 4.06. The molecule has 0 bridgehead atoms. The molecule has 0 saturated carbocycles. The predicted molar refractivity (Wildman–Crippen MR) is 94.8 cm³/mol. The summed E-state index contributed by atoms with van der Waals surface area (Å²) in [6.45, 7) is 1.89. The Balaban J connectivity index is 2.02. The molecule has 0 fully saturated rings. The van der Waals surface area contributed by atoms with E-state index in [2.05, 4.69) is 15.4 Å². The summed E-state index contributed by atoms with van der Waals surface area (Å²) in [7, 11) is 0. The number of nitrogens with one attached hydrogen (secondary N) is 2. The molecule has 0 aromatic heterocycles. The van der Waals surface area contributed by atoms with Crippen molar-refractivity contribution in [3.63, 3.8) is 0 Å². The molecule has 0 heterocycles. The van der Waals surface area contributed by atoms with Gasteiger partial charge >= 0.3 is 6.61 Å². The van der Waals surface area contributed by atoms with Crippen LogP contribution in [-0.4, -0.2) is 25.1 Å². The van der Waals surface area contributed by atoms with Gasteiger partial charge in [-0.3, -0.25) is 4.79 Å². The fourth-order valence-electron chi connectivity index (χ4n) is 2.57. The van der Waals surface area contributed by atoms with Gasteiger partial charge in [-0.25, -0.2) is 0 Å². The molecular formula is C19H24F2N2O2. The number of carbonyl (C=O) groups excluding carboxylic acids is 1. The summed E-state index contributed by atoms with van der Waals surface area (Å²) in [4.78, 5) is 11.8. The van der Waals surface area contributed by atoms with E-state index in [1.807, 2.05) is 38.1 Å². The summed E-state index contributed by atoms with van der Waals surface area (Å²) < 4.78 is 30.0. The number of hydrogen-bond acceptors (Lipinski definition) is 3. The second-order valence-electron chi connectivity index (χ2n) is 5.95. The molecule has 0 aliphatic heterocycles. The van der Waals surface area contributed by atoms with Crippen molar-refractivity contribution in [2.24, 2.45) is 0 Å². The molecule has 0 aliphatic carbocycles. The van der Waals surface area contributed by atoms with E-state index < -0.39 is 6.61 Å². The van der Waals surface area contributed by atoms with Crippen LogP contribution in [0, 0.1) is 0 Å². The Morgan fingerprint density at radius 2 is 1.96 bits per heavy atom. The highest BCUT2D eigenvalue weighted by Gasteiger charge is 2.13. The van der Waals surface area contributed by atoms with Gasteiger partial charge in [-0.15, -0.1) is 0 Å². The van der Waals surface area contributed by atoms with Crippen molar-refractivity contribution in [3.8, 4) is 5.75 Å². The quantitative estimate of drug-likeness (QED) is 0.676. The lowest BCUT2D eigenvalue weighted by atomic mass is 10.0. The molecule has 0 aliphatic rings. The fraction of sp³-hybridized carbons (Fsp3) is 0.421. The van der Waals surface area contributed by atoms with Crippen molar-refractivity contribution in [1.82, 2.24) is 10.6 Å². The van der Waals surface area contributed by atoms with Gasteiger partial charge in [0.1, 0.15) is 5.75 Å². The van der Waals surface area contributed by atoms with Crippen LogP contribution >= 0.6 is 0 Å². The van der Waals surface area contributed by atoms with E-state index in [1.54, 1.807) is 12.1 Å². The van der Waals surface area contributed by atoms with Crippen LogP contribution in [0.5, 0.6) is 5.75 Å².